The molecule has 0 radical (unpaired) electrons. The zero-order valence-electron chi connectivity index (χ0n) is 63.0. The Balaban J connectivity index is 5.18. The van der Waals surface area contributed by atoms with E-state index in [0.29, 0.717) is 31.6 Å². The molecule has 0 amide bonds. The Bertz CT molecular complexity index is 1890. The van der Waals surface area contributed by atoms with E-state index in [1.54, 1.807) is 0 Å². The van der Waals surface area contributed by atoms with Gasteiger partial charge in [-0.2, -0.15) is 0 Å². The van der Waals surface area contributed by atoms with Gasteiger partial charge in [0.15, 0.2) is 12.2 Å². The predicted octanol–water partition coefficient (Wildman–Crippen LogP) is 22.4. The molecule has 17 nitrogen and oxygen atoms in total. The van der Waals surface area contributed by atoms with E-state index < -0.39 is 97.5 Å². The summed E-state index contributed by atoms with van der Waals surface area (Å²) in [6.45, 7) is 14.1. The lowest BCUT2D eigenvalue weighted by atomic mass is 10.00. The van der Waals surface area contributed by atoms with E-state index in [1.807, 2.05) is 0 Å². The van der Waals surface area contributed by atoms with Crippen LogP contribution in [0.5, 0.6) is 0 Å². The van der Waals surface area contributed by atoms with Crippen molar-refractivity contribution in [3.05, 3.63) is 0 Å². The first kappa shape index (κ1) is 94.1. The van der Waals surface area contributed by atoms with Gasteiger partial charge in [0.2, 0.25) is 0 Å². The largest absolute Gasteiger partial charge is 0.472 e. The minimum atomic E-state index is -4.96. The highest BCUT2D eigenvalue weighted by Crippen LogP contribution is 2.45. The molecule has 19 heteroatoms. The summed E-state index contributed by atoms with van der Waals surface area (Å²) in [6.07, 6.45) is 51.6. The summed E-state index contributed by atoms with van der Waals surface area (Å²) in [5.41, 5.74) is 0. The highest BCUT2D eigenvalue weighted by molar-refractivity contribution is 7.47. The first-order valence-electron chi connectivity index (χ1n) is 39.7. The van der Waals surface area contributed by atoms with Crippen molar-refractivity contribution in [2.75, 3.05) is 39.6 Å². The van der Waals surface area contributed by atoms with Gasteiger partial charge in [-0.1, -0.05) is 338 Å². The van der Waals surface area contributed by atoms with Crippen molar-refractivity contribution in [2.24, 2.45) is 23.7 Å². The normalized spacial score (nSPS) is 14.4. The minimum Gasteiger partial charge on any atom is -0.462 e. The van der Waals surface area contributed by atoms with E-state index in [9.17, 15) is 43.2 Å². The maximum Gasteiger partial charge on any atom is 0.472 e. The van der Waals surface area contributed by atoms with Crippen molar-refractivity contribution in [1.82, 2.24) is 0 Å². The summed E-state index contributed by atoms with van der Waals surface area (Å²) >= 11 is 0. The van der Waals surface area contributed by atoms with Gasteiger partial charge >= 0.3 is 39.5 Å². The van der Waals surface area contributed by atoms with Gasteiger partial charge in [0.05, 0.1) is 26.4 Å². The number of hydrogen-bond acceptors (Lipinski definition) is 15. The molecule has 0 aromatic heterocycles. The SMILES string of the molecule is CCC(C)CCCCCCCCC(=O)OC[C@H](COP(=O)(O)OC[C@H](O)COP(=O)(O)OC[C@@H](COC(=O)CCCCCCCCC(C)C)OC(=O)CCCCCCCCCCCCCCCCCC(C)C)OC(=O)CCCCCCCCCCCCCCCCCCC(C)C. The number of aliphatic hydroxyl groups is 1. The van der Waals surface area contributed by atoms with Gasteiger partial charge in [0.25, 0.3) is 0 Å². The Kier molecular flexibility index (Phi) is 65.0. The maximum atomic E-state index is 13.1. The fourth-order valence-corrected chi connectivity index (χ4v) is 13.3. The zero-order valence-corrected chi connectivity index (χ0v) is 64.8. The van der Waals surface area contributed by atoms with Gasteiger partial charge in [-0.15, -0.1) is 0 Å². The van der Waals surface area contributed by atoms with Crippen LogP contribution in [-0.4, -0.2) is 96.7 Å². The monoisotopic (exact) mass is 1410 g/mol. The Morgan fingerprint density at radius 1 is 0.292 bits per heavy atom. The third-order valence-corrected chi connectivity index (χ3v) is 20.1. The van der Waals surface area contributed by atoms with Crippen LogP contribution in [0.3, 0.4) is 0 Å². The van der Waals surface area contributed by atoms with E-state index in [2.05, 4.69) is 55.4 Å². The number of esters is 4. The Labute approximate surface area is 588 Å². The molecule has 0 rings (SSSR count). The molecular weight excluding hydrogens is 1260 g/mol. The highest BCUT2D eigenvalue weighted by Gasteiger charge is 2.30. The molecule has 0 bridgehead atoms. The second-order valence-corrected chi connectivity index (χ2v) is 32.3. The van der Waals surface area contributed by atoms with Crippen molar-refractivity contribution in [1.29, 1.82) is 0 Å². The average molecular weight is 1410 g/mol. The number of aliphatic hydroxyl groups excluding tert-OH is 1. The molecular formula is C77H150O17P2. The van der Waals surface area contributed by atoms with Gasteiger partial charge in [-0.3, -0.25) is 37.3 Å². The summed E-state index contributed by atoms with van der Waals surface area (Å²) in [6, 6.07) is 0. The fourth-order valence-electron chi connectivity index (χ4n) is 11.7. The molecule has 0 aliphatic rings. The summed E-state index contributed by atoms with van der Waals surface area (Å²) in [5, 5.41) is 10.6. The number of phosphoric ester groups is 2. The smallest absolute Gasteiger partial charge is 0.462 e. The minimum absolute atomic E-state index is 0.106. The van der Waals surface area contributed by atoms with Gasteiger partial charge in [0, 0.05) is 25.7 Å². The number of hydrogen-bond donors (Lipinski definition) is 3. The van der Waals surface area contributed by atoms with Crippen LogP contribution in [0.25, 0.3) is 0 Å². The first-order valence-corrected chi connectivity index (χ1v) is 42.7. The van der Waals surface area contributed by atoms with Crippen LogP contribution in [0.2, 0.25) is 0 Å². The highest BCUT2D eigenvalue weighted by atomic mass is 31.2. The summed E-state index contributed by atoms with van der Waals surface area (Å²) in [4.78, 5) is 72.8. The van der Waals surface area contributed by atoms with Crippen LogP contribution in [0.1, 0.15) is 389 Å². The third-order valence-electron chi connectivity index (χ3n) is 18.2. The summed E-state index contributed by atoms with van der Waals surface area (Å²) in [7, 11) is -9.91. The number of rotatable bonds is 74. The molecule has 6 atom stereocenters. The van der Waals surface area contributed by atoms with Crippen molar-refractivity contribution in [3.8, 4) is 0 Å². The quantitative estimate of drug-likeness (QED) is 0.0222. The van der Waals surface area contributed by atoms with Crippen LogP contribution in [0.4, 0.5) is 0 Å². The summed E-state index contributed by atoms with van der Waals surface area (Å²) < 4.78 is 68.5. The predicted molar refractivity (Wildman–Crippen MR) is 391 cm³/mol. The van der Waals surface area contributed by atoms with Gasteiger partial charge in [0.1, 0.15) is 19.3 Å². The van der Waals surface area contributed by atoms with Crippen molar-refractivity contribution < 1.29 is 80.2 Å². The van der Waals surface area contributed by atoms with Crippen LogP contribution in [0, 0.1) is 23.7 Å². The second kappa shape index (κ2) is 66.3. The van der Waals surface area contributed by atoms with Crippen LogP contribution in [-0.2, 0) is 65.4 Å². The lowest BCUT2D eigenvalue weighted by Gasteiger charge is -2.21. The molecule has 0 fully saturated rings. The lowest BCUT2D eigenvalue weighted by molar-refractivity contribution is -0.161. The third kappa shape index (κ3) is 69.2. The first-order chi connectivity index (χ1) is 46.1. The van der Waals surface area contributed by atoms with E-state index in [1.165, 1.54) is 180 Å². The van der Waals surface area contributed by atoms with Gasteiger partial charge in [-0.25, -0.2) is 9.13 Å². The Morgan fingerprint density at radius 3 is 0.740 bits per heavy atom. The molecule has 0 saturated heterocycles. The van der Waals surface area contributed by atoms with Crippen molar-refractivity contribution in [3.63, 3.8) is 0 Å². The van der Waals surface area contributed by atoms with E-state index >= 15 is 0 Å². The lowest BCUT2D eigenvalue weighted by Crippen LogP contribution is -2.30. The molecule has 570 valence electrons. The molecule has 0 aromatic rings. The fraction of sp³-hybridized carbons (Fsp3) is 0.948. The molecule has 3 N–H and O–H groups in total. The molecule has 0 aliphatic carbocycles. The van der Waals surface area contributed by atoms with E-state index in [4.69, 9.17) is 37.0 Å². The topological polar surface area (TPSA) is 237 Å². The van der Waals surface area contributed by atoms with E-state index in [-0.39, 0.29) is 25.7 Å². The van der Waals surface area contributed by atoms with Crippen molar-refractivity contribution >= 4 is 39.5 Å². The molecule has 0 saturated carbocycles. The molecule has 0 spiro atoms. The molecule has 3 unspecified atom stereocenters. The zero-order chi connectivity index (χ0) is 71.0. The summed E-state index contributed by atoms with van der Waals surface area (Å²) in [5.74, 6) is 0.899. The van der Waals surface area contributed by atoms with E-state index in [0.717, 1.165) is 120 Å². The Hall–Kier alpha value is -1.94. The maximum absolute atomic E-state index is 13.1. The number of carbonyl (C=O) groups excluding carboxylic acids is 4. The van der Waals surface area contributed by atoms with Crippen LogP contribution < -0.4 is 0 Å². The van der Waals surface area contributed by atoms with Crippen LogP contribution in [0.15, 0.2) is 0 Å². The average Bonchev–Trinajstić information content (AvgIpc) is 1.10. The molecule has 0 heterocycles. The standard InChI is InChI=1S/C77H150O17P2/c1-9-70(8)56-48-40-34-36-42-50-58-75(80)88-64-73(94-77(82)60-51-43-31-27-23-19-15-11-10-13-17-21-25-29-37-45-53-67(2)3)66-92-96(85,86)90-62-71(78)61-89-95(83,84)91-65-72(63-87-74(79)57-49-41-35-33-39-47-55-69(6)7)93-76(81)59-52-44-32-28-24-20-16-12-14-18-22-26-30-38-46-54-68(4)5/h67-73,78H,9-66H2,1-8H3,(H,83,84)(H,85,86)/t70?,71-,72-,73-/m1/s1. The van der Waals surface area contributed by atoms with Crippen LogP contribution >= 0.6 is 15.6 Å². The molecule has 96 heavy (non-hydrogen) atoms. The number of ether oxygens (including phenoxy) is 4. The molecule has 0 aliphatic heterocycles. The van der Waals surface area contributed by atoms with Gasteiger partial charge in [-0.05, 0) is 49.4 Å². The number of unbranched alkanes of at least 4 members (excludes halogenated alkanes) is 39. The number of phosphoric acid groups is 2. The molecule has 0 aromatic carbocycles. The van der Waals surface area contributed by atoms with Gasteiger partial charge < -0.3 is 33.8 Å². The number of carbonyl (C=O) groups is 4. The second-order valence-electron chi connectivity index (χ2n) is 29.4. The Morgan fingerprint density at radius 2 is 0.500 bits per heavy atom. The van der Waals surface area contributed by atoms with Crippen molar-refractivity contribution in [2.45, 2.75) is 408 Å².